The minimum atomic E-state index is -0.538. The van der Waals surface area contributed by atoms with Crippen LogP contribution in [0.3, 0.4) is 0 Å². The van der Waals surface area contributed by atoms with Crippen LogP contribution in [0, 0.1) is 5.41 Å². The van der Waals surface area contributed by atoms with Crippen molar-refractivity contribution in [3.63, 3.8) is 0 Å². The molecule has 1 aliphatic rings. The number of hydrogen-bond acceptors (Lipinski definition) is 4. The van der Waals surface area contributed by atoms with Gasteiger partial charge in [0.1, 0.15) is 0 Å². The molecule has 1 aromatic heterocycles. The van der Waals surface area contributed by atoms with Crippen LogP contribution in [0.1, 0.15) is 31.7 Å². The Bertz CT molecular complexity index is 528. The zero-order valence-corrected chi connectivity index (χ0v) is 13.0. The molecule has 1 aromatic rings. The summed E-state index contributed by atoms with van der Waals surface area (Å²) in [4.78, 5) is 14.1. The van der Waals surface area contributed by atoms with Crippen LogP contribution < -0.4 is 5.56 Å². The van der Waals surface area contributed by atoms with Crippen molar-refractivity contribution in [1.82, 2.24) is 9.47 Å². The van der Waals surface area contributed by atoms with Crippen molar-refractivity contribution < 1.29 is 10.2 Å². The van der Waals surface area contributed by atoms with Crippen molar-refractivity contribution in [3.05, 3.63) is 34.2 Å². The molecule has 0 amide bonds. The molecule has 0 aliphatic carbocycles. The van der Waals surface area contributed by atoms with E-state index >= 15 is 0 Å². The molecule has 2 atom stereocenters. The quantitative estimate of drug-likeness (QED) is 0.840. The lowest BCUT2D eigenvalue weighted by Crippen LogP contribution is -2.52. The topological polar surface area (TPSA) is 65.7 Å². The molecule has 5 heteroatoms. The molecule has 0 spiro atoms. The Morgan fingerprint density at radius 2 is 2.24 bits per heavy atom. The van der Waals surface area contributed by atoms with Gasteiger partial charge in [-0.1, -0.05) is 19.4 Å². The number of aliphatic hydroxyl groups excluding tert-OH is 2. The lowest BCUT2D eigenvalue weighted by Gasteiger charge is -2.44. The average Bonchev–Trinajstić information content (AvgIpc) is 2.47. The predicted octanol–water partition coefficient (Wildman–Crippen LogP) is 0.731. The van der Waals surface area contributed by atoms with Gasteiger partial charge in [-0.05, 0) is 25.5 Å². The van der Waals surface area contributed by atoms with Crippen molar-refractivity contribution in [3.8, 4) is 0 Å². The van der Waals surface area contributed by atoms with Gasteiger partial charge in [0, 0.05) is 37.3 Å². The van der Waals surface area contributed by atoms with Crippen LogP contribution in [-0.4, -0.2) is 45.5 Å². The molecule has 2 N–H and O–H groups in total. The summed E-state index contributed by atoms with van der Waals surface area (Å²) in [5.41, 5.74) is 0.395. The largest absolute Gasteiger partial charge is 0.396 e. The molecule has 0 aromatic carbocycles. The summed E-state index contributed by atoms with van der Waals surface area (Å²) in [5.74, 6) is 0. The lowest BCUT2D eigenvalue weighted by molar-refractivity contribution is -0.0803. The predicted molar refractivity (Wildman–Crippen MR) is 82.0 cm³/mol. The van der Waals surface area contributed by atoms with Crippen LogP contribution in [0.2, 0.25) is 0 Å². The number of aliphatic hydroxyl groups is 2. The van der Waals surface area contributed by atoms with E-state index in [2.05, 4.69) is 11.8 Å². The second-order valence-electron chi connectivity index (χ2n) is 6.22. The maximum Gasteiger partial charge on any atom is 0.254 e. The second kappa shape index (κ2) is 6.73. The molecular formula is C16H26N2O3. The van der Waals surface area contributed by atoms with E-state index in [9.17, 15) is 15.0 Å². The molecule has 0 radical (unpaired) electrons. The highest BCUT2D eigenvalue weighted by atomic mass is 16.3. The first-order chi connectivity index (χ1) is 10.0. The van der Waals surface area contributed by atoms with Gasteiger partial charge in [-0.3, -0.25) is 9.69 Å². The summed E-state index contributed by atoms with van der Waals surface area (Å²) in [6.45, 7) is 3.97. The fourth-order valence-electron chi connectivity index (χ4n) is 3.29. The number of rotatable bonds is 5. The third kappa shape index (κ3) is 3.36. The molecule has 5 nitrogen and oxygen atoms in total. The fourth-order valence-corrected chi connectivity index (χ4v) is 3.29. The van der Waals surface area contributed by atoms with E-state index < -0.39 is 6.10 Å². The monoisotopic (exact) mass is 294 g/mol. The SMILES string of the molecule is CCC[C@]1(CO)CCN(Cc2cccn(C)c2=O)C[C@@H]1O. The molecule has 0 bridgehead atoms. The van der Waals surface area contributed by atoms with Crippen molar-refractivity contribution in [2.45, 2.75) is 38.8 Å². The van der Waals surface area contributed by atoms with Crippen LogP contribution in [0.4, 0.5) is 0 Å². The number of likely N-dealkylation sites (tertiary alicyclic amines) is 1. The summed E-state index contributed by atoms with van der Waals surface area (Å²) in [6.07, 6.45) is 3.77. The first-order valence-electron chi connectivity index (χ1n) is 7.68. The van der Waals surface area contributed by atoms with E-state index in [1.165, 1.54) is 0 Å². The zero-order chi connectivity index (χ0) is 15.5. The third-order valence-corrected chi connectivity index (χ3v) is 4.72. The molecule has 0 unspecified atom stereocenters. The van der Waals surface area contributed by atoms with Gasteiger partial charge in [0.15, 0.2) is 0 Å². The fraction of sp³-hybridized carbons (Fsp3) is 0.688. The standard InChI is InChI=1S/C16H26N2O3/c1-3-6-16(12-19)7-9-18(11-14(16)20)10-13-5-4-8-17(2)15(13)21/h4-5,8,14,19-20H,3,6-7,9-12H2,1-2H3/t14-,16+/m0/s1. The van der Waals surface area contributed by atoms with Crippen LogP contribution in [-0.2, 0) is 13.6 Å². The Balaban J connectivity index is 2.06. The normalized spacial score (nSPS) is 27.0. The Labute approximate surface area is 125 Å². The van der Waals surface area contributed by atoms with Gasteiger partial charge >= 0.3 is 0 Å². The molecule has 2 rings (SSSR count). The summed E-state index contributed by atoms with van der Waals surface area (Å²) in [5, 5.41) is 20.1. The Morgan fingerprint density at radius 1 is 1.48 bits per heavy atom. The molecule has 2 heterocycles. The van der Waals surface area contributed by atoms with Crippen molar-refractivity contribution >= 4 is 0 Å². The highest BCUT2D eigenvalue weighted by molar-refractivity contribution is 5.10. The van der Waals surface area contributed by atoms with Crippen molar-refractivity contribution in [1.29, 1.82) is 0 Å². The molecule has 1 saturated heterocycles. The first-order valence-corrected chi connectivity index (χ1v) is 7.68. The van der Waals surface area contributed by atoms with E-state index in [1.54, 1.807) is 17.8 Å². The zero-order valence-electron chi connectivity index (χ0n) is 13.0. The third-order valence-electron chi connectivity index (χ3n) is 4.72. The summed E-state index contributed by atoms with van der Waals surface area (Å²) < 4.78 is 1.57. The van der Waals surface area contributed by atoms with Gasteiger partial charge in [0.2, 0.25) is 0 Å². The maximum absolute atomic E-state index is 12.0. The van der Waals surface area contributed by atoms with Crippen LogP contribution in [0.5, 0.6) is 0 Å². The summed E-state index contributed by atoms with van der Waals surface area (Å²) in [6, 6.07) is 3.71. The molecule has 118 valence electrons. The van der Waals surface area contributed by atoms with Gasteiger partial charge in [0.25, 0.3) is 5.56 Å². The summed E-state index contributed by atoms with van der Waals surface area (Å²) >= 11 is 0. The van der Waals surface area contributed by atoms with Crippen LogP contribution in [0.15, 0.2) is 23.1 Å². The molecule has 1 fully saturated rings. The van der Waals surface area contributed by atoms with Crippen molar-refractivity contribution in [2.75, 3.05) is 19.7 Å². The molecule has 21 heavy (non-hydrogen) atoms. The highest BCUT2D eigenvalue weighted by Crippen LogP contribution is 2.36. The molecular weight excluding hydrogens is 268 g/mol. The van der Waals surface area contributed by atoms with E-state index in [-0.39, 0.29) is 17.6 Å². The number of hydrogen-bond donors (Lipinski definition) is 2. The number of β-amino-alcohol motifs (C(OH)–C–C–N with tert-alkyl or cyclic N) is 1. The number of aryl methyl sites for hydroxylation is 1. The number of nitrogens with zero attached hydrogens (tertiary/aromatic N) is 2. The van der Waals surface area contributed by atoms with Gasteiger partial charge in [-0.25, -0.2) is 0 Å². The minimum Gasteiger partial charge on any atom is -0.396 e. The van der Waals surface area contributed by atoms with Gasteiger partial charge < -0.3 is 14.8 Å². The number of pyridine rings is 1. The minimum absolute atomic E-state index is 0.0135. The molecule has 0 saturated carbocycles. The van der Waals surface area contributed by atoms with E-state index in [4.69, 9.17) is 0 Å². The summed E-state index contributed by atoms with van der Waals surface area (Å²) in [7, 11) is 1.74. The number of aromatic nitrogens is 1. The maximum atomic E-state index is 12.0. The molecule has 1 aliphatic heterocycles. The first kappa shape index (κ1) is 16.2. The highest BCUT2D eigenvalue weighted by Gasteiger charge is 2.41. The second-order valence-corrected chi connectivity index (χ2v) is 6.22. The Kier molecular flexibility index (Phi) is 5.19. The van der Waals surface area contributed by atoms with Gasteiger partial charge in [-0.2, -0.15) is 0 Å². The van der Waals surface area contributed by atoms with Crippen molar-refractivity contribution in [2.24, 2.45) is 12.5 Å². The number of piperidine rings is 1. The Hall–Kier alpha value is -1.17. The van der Waals surface area contributed by atoms with Gasteiger partial charge in [-0.15, -0.1) is 0 Å². The van der Waals surface area contributed by atoms with E-state index in [1.807, 2.05) is 12.1 Å². The van der Waals surface area contributed by atoms with E-state index in [0.717, 1.165) is 31.4 Å². The van der Waals surface area contributed by atoms with Gasteiger partial charge in [0.05, 0.1) is 12.7 Å². The van der Waals surface area contributed by atoms with Crippen LogP contribution in [0.25, 0.3) is 0 Å². The van der Waals surface area contributed by atoms with Crippen LogP contribution >= 0.6 is 0 Å². The smallest absolute Gasteiger partial charge is 0.254 e. The van der Waals surface area contributed by atoms with E-state index in [0.29, 0.717) is 13.1 Å². The Morgan fingerprint density at radius 3 is 2.86 bits per heavy atom. The average molecular weight is 294 g/mol. The lowest BCUT2D eigenvalue weighted by atomic mass is 9.73.